The van der Waals surface area contributed by atoms with E-state index in [1.807, 2.05) is 4.90 Å². The van der Waals surface area contributed by atoms with E-state index in [0.29, 0.717) is 26.2 Å². The van der Waals surface area contributed by atoms with Crippen molar-refractivity contribution in [2.75, 3.05) is 31.5 Å². The van der Waals surface area contributed by atoms with Gasteiger partial charge in [-0.05, 0) is 60.8 Å². The van der Waals surface area contributed by atoms with Crippen molar-refractivity contribution < 1.29 is 23.1 Å². The molecule has 30 heavy (non-hydrogen) atoms. The molecule has 162 valence electrons. The third kappa shape index (κ3) is 3.31. The van der Waals surface area contributed by atoms with E-state index in [4.69, 9.17) is 5.11 Å². The minimum atomic E-state index is -3.79. The molecule has 3 amide bonds. The maximum Gasteiger partial charge on any atom is 0.407 e. The fourth-order valence-electron chi connectivity index (χ4n) is 5.13. The molecule has 10 heteroatoms. The first kappa shape index (κ1) is 19.6. The van der Waals surface area contributed by atoms with Crippen molar-refractivity contribution >= 4 is 27.8 Å². The summed E-state index contributed by atoms with van der Waals surface area (Å²) in [4.78, 5) is 26.7. The second-order valence-electron chi connectivity index (χ2n) is 8.75. The number of hydrogen-bond acceptors (Lipinski definition) is 5. The van der Waals surface area contributed by atoms with E-state index in [-0.39, 0.29) is 6.04 Å². The summed E-state index contributed by atoms with van der Waals surface area (Å²) in [5, 5.41) is 11.1. The van der Waals surface area contributed by atoms with Gasteiger partial charge in [0.15, 0.2) is 0 Å². The number of nitrogens with zero attached hydrogens (tertiary/aromatic N) is 2. The molecule has 2 aliphatic heterocycles. The molecular formula is C20H26N4O5S. The summed E-state index contributed by atoms with van der Waals surface area (Å²) in [5.41, 5.74) is 5.69. The van der Waals surface area contributed by atoms with Crippen LogP contribution in [-0.2, 0) is 35.7 Å². The smallest absolute Gasteiger partial charge is 0.407 e. The molecule has 1 aromatic rings. The van der Waals surface area contributed by atoms with Gasteiger partial charge in [-0.1, -0.05) is 6.07 Å². The van der Waals surface area contributed by atoms with Crippen molar-refractivity contribution in [2.45, 2.75) is 49.8 Å². The quantitative estimate of drug-likeness (QED) is 0.654. The summed E-state index contributed by atoms with van der Waals surface area (Å²) in [6, 6.07) is 1.64. The van der Waals surface area contributed by atoms with Crippen LogP contribution in [0.2, 0.25) is 0 Å². The fraction of sp³-hybridized carbons (Fsp3) is 0.600. The van der Waals surface area contributed by atoms with Crippen molar-refractivity contribution in [3.05, 3.63) is 28.3 Å². The van der Waals surface area contributed by atoms with E-state index in [1.54, 1.807) is 0 Å². The highest BCUT2D eigenvalue weighted by molar-refractivity contribution is 7.90. The summed E-state index contributed by atoms with van der Waals surface area (Å²) in [6.07, 6.45) is 5.02. The van der Waals surface area contributed by atoms with E-state index >= 15 is 0 Å². The van der Waals surface area contributed by atoms with Crippen LogP contribution >= 0.6 is 0 Å². The van der Waals surface area contributed by atoms with Gasteiger partial charge in [-0.3, -0.25) is 4.90 Å². The number of rotatable bonds is 4. The predicted octanol–water partition coefficient (Wildman–Crippen LogP) is 1.16. The summed E-state index contributed by atoms with van der Waals surface area (Å²) >= 11 is 0. The number of benzene rings is 1. The topological polar surface area (TPSA) is 119 Å². The van der Waals surface area contributed by atoms with Crippen LogP contribution in [0, 0.1) is 0 Å². The van der Waals surface area contributed by atoms with Crippen molar-refractivity contribution in [1.29, 1.82) is 0 Å². The van der Waals surface area contributed by atoms with E-state index in [1.165, 1.54) is 16.0 Å². The third-order valence-corrected chi connectivity index (χ3v) is 8.56. The Kier molecular flexibility index (Phi) is 4.66. The Labute approximate surface area is 175 Å². The molecule has 0 radical (unpaired) electrons. The molecule has 2 fully saturated rings. The number of likely N-dealkylation sites (tertiary alicyclic amines) is 2. The third-order valence-electron chi connectivity index (χ3n) is 6.91. The maximum absolute atomic E-state index is 12.6. The number of fused-ring (bicyclic) bond motifs is 2. The number of nitrogens with one attached hydrogen (secondary N) is 2. The van der Waals surface area contributed by atoms with Crippen LogP contribution in [0.5, 0.6) is 0 Å². The molecule has 9 nitrogen and oxygen atoms in total. The van der Waals surface area contributed by atoms with Gasteiger partial charge in [0.2, 0.25) is 10.0 Å². The molecule has 0 saturated carbocycles. The number of amides is 3. The van der Waals surface area contributed by atoms with Crippen molar-refractivity contribution in [1.82, 2.24) is 14.5 Å². The zero-order valence-electron chi connectivity index (χ0n) is 16.7. The molecule has 5 rings (SSSR count). The average Bonchev–Trinajstić information content (AvgIpc) is 3.22. The lowest BCUT2D eigenvalue weighted by Crippen LogP contribution is -2.69. The zero-order valence-corrected chi connectivity index (χ0v) is 17.5. The summed E-state index contributed by atoms with van der Waals surface area (Å²) in [6.45, 7) is 1.44. The van der Waals surface area contributed by atoms with Crippen LogP contribution in [0.25, 0.3) is 0 Å². The second kappa shape index (κ2) is 7.12. The highest BCUT2D eigenvalue weighted by Gasteiger charge is 2.45. The highest BCUT2D eigenvalue weighted by Crippen LogP contribution is 2.38. The molecule has 0 bridgehead atoms. The number of aryl methyl sites for hydroxylation is 2. The van der Waals surface area contributed by atoms with Crippen LogP contribution in [0.4, 0.5) is 15.3 Å². The molecule has 3 N–H and O–H groups in total. The van der Waals surface area contributed by atoms with Gasteiger partial charge >= 0.3 is 12.1 Å². The first-order valence-corrected chi connectivity index (χ1v) is 12.1. The van der Waals surface area contributed by atoms with Crippen LogP contribution in [0.3, 0.4) is 0 Å². The van der Waals surface area contributed by atoms with Crippen LogP contribution in [0.1, 0.15) is 35.1 Å². The summed E-state index contributed by atoms with van der Waals surface area (Å²) < 4.78 is 27.5. The van der Waals surface area contributed by atoms with E-state index in [2.05, 4.69) is 16.1 Å². The van der Waals surface area contributed by atoms with E-state index < -0.39 is 27.4 Å². The van der Waals surface area contributed by atoms with Gasteiger partial charge in [-0.15, -0.1) is 0 Å². The molecule has 2 saturated heterocycles. The number of carbonyl (C=O) groups is 2. The number of sulfonamides is 1. The summed E-state index contributed by atoms with van der Waals surface area (Å²) in [7, 11) is -3.79. The standard InChI is InChI=1S/C20H26N4O5S/c25-19(21-18-16-5-1-3-12(16)7-13-4-2-6-17(13)18)22-30(28,29)15-10-23(11-15)14-8-24(9-14)20(26)27/h7,14-15H,1-6,8-11H2,(H,26,27)(H2,21,22,25). The Morgan fingerprint density at radius 2 is 1.57 bits per heavy atom. The monoisotopic (exact) mass is 434 g/mol. The Bertz CT molecular complexity index is 980. The van der Waals surface area contributed by atoms with Gasteiger partial charge in [0, 0.05) is 37.9 Å². The zero-order chi connectivity index (χ0) is 21.0. The van der Waals surface area contributed by atoms with E-state index in [9.17, 15) is 18.0 Å². The predicted molar refractivity (Wildman–Crippen MR) is 110 cm³/mol. The highest BCUT2D eigenvalue weighted by atomic mass is 32.2. The van der Waals surface area contributed by atoms with Crippen molar-refractivity contribution in [2.24, 2.45) is 0 Å². The number of carbonyl (C=O) groups excluding carboxylic acids is 1. The Hall–Kier alpha value is -2.33. The Morgan fingerprint density at radius 1 is 0.967 bits per heavy atom. The molecular weight excluding hydrogens is 408 g/mol. The van der Waals surface area contributed by atoms with Crippen LogP contribution in [0.15, 0.2) is 6.07 Å². The molecule has 0 spiro atoms. The minimum absolute atomic E-state index is 0.0656. The minimum Gasteiger partial charge on any atom is -0.465 e. The van der Waals surface area contributed by atoms with Crippen molar-refractivity contribution in [3.8, 4) is 0 Å². The molecule has 0 atom stereocenters. The van der Waals surface area contributed by atoms with Crippen LogP contribution in [-0.4, -0.2) is 72.9 Å². The molecule has 0 aromatic heterocycles. The first-order valence-electron chi connectivity index (χ1n) is 10.5. The molecule has 4 aliphatic rings. The lowest BCUT2D eigenvalue weighted by Gasteiger charge is -2.50. The average molecular weight is 435 g/mol. The number of anilines is 1. The van der Waals surface area contributed by atoms with Crippen LogP contribution < -0.4 is 10.0 Å². The maximum atomic E-state index is 12.6. The Morgan fingerprint density at radius 3 is 2.13 bits per heavy atom. The van der Waals surface area contributed by atoms with Crippen molar-refractivity contribution in [3.63, 3.8) is 0 Å². The van der Waals surface area contributed by atoms with Gasteiger partial charge in [0.1, 0.15) is 5.25 Å². The normalized spacial score (nSPS) is 21.5. The van der Waals surface area contributed by atoms with Gasteiger partial charge in [0.25, 0.3) is 0 Å². The second-order valence-corrected chi connectivity index (χ2v) is 10.7. The summed E-state index contributed by atoms with van der Waals surface area (Å²) in [5.74, 6) is 0. The van der Waals surface area contributed by atoms with Gasteiger partial charge in [-0.2, -0.15) is 0 Å². The first-order chi connectivity index (χ1) is 14.3. The fourth-order valence-corrected chi connectivity index (χ4v) is 6.38. The SMILES string of the molecule is O=C(Nc1c2c(cc3c1CCC3)CCC2)NS(=O)(=O)C1CN(C2CN(C(=O)O)C2)C1. The molecule has 0 unspecified atom stereocenters. The lowest BCUT2D eigenvalue weighted by molar-refractivity contribution is 0.00880. The lowest BCUT2D eigenvalue weighted by atomic mass is 9.99. The van der Waals surface area contributed by atoms with Gasteiger partial charge in [0.05, 0.1) is 0 Å². The number of carboxylic acid groups (broad SMARTS) is 1. The molecule has 2 heterocycles. The van der Waals surface area contributed by atoms with Gasteiger partial charge < -0.3 is 15.3 Å². The Balaban J connectivity index is 1.20. The van der Waals surface area contributed by atoms with Gasteiger partial charge in [-0.25, -0.2) is 22.7 Å². The number of urea groups is 1. The molecule has 2 aliphatic carbocycles. The van der Waals surface area contributed by atoms with E-state index in [0.717, 1.165) is 55.3 Å². The largest absolute Gasteiger partial charge is 0.465 e. The number of hydrogen-bond donors (Lipinski definition) is 3. The molecule has 1 aromatic carbocycles.